The highest BCUT2D eigenvalue weighted by molar-refractivity contribution is 7.14. The van der Waals surface area contributed by atoms with E-state index in [0.717, 1.165) is 53.8 Å². The average molecular weight is 423 g/mol. The fourth-order valence-electron chi connectivity index (χ4n) is 3.28. The Bertz CT molecular complexity index is 998. The molecular formula is C22H26N6OS. The van der Waals surface area contributed by atoms with Crippen molar-refractivity contribution in [3.63, 3.8) is 0 Å². The molecule has 8 heteroatoms. The number of piperazine rings is 1. The fraction of sp³-hybridized carbons (Fsp3) is 0.318. The van der Waals surface area contributed by atoms with Crippen molar-refractivity contribution in [2.45, 2.75) is 6.92 Å². The number of benzene rings is 1. The summed E-state index contributed by atoms with van der Waals surface area (Å²) in [6.45, 7) is 6.60. The van der Waals surface area contributed by atoms with Crippen molar-refractivity contribution in [2.75, 3.05) is 45.2 Å². The molecule has 1 fully saturated rings. The van der Waals surface area contributed by atoms with Gasteiger partial charge in [-0.25, -0.2) is 4.98 Å². The number of nitrogens with zero attached hydrogens (tertiary/aromatic N) is 4. The predicted molar refractivity (Wildman–Crippen MR) is 121 cm³/mol. The van der Waals surface area contributed by atoms with E-state index >= 15 is 0 Å². The first-order valence-corrected chi connectivity index (χ1v) is 10.9. The van der Waals surface area contributed by atoms with Gasteiger partial charge >= 0.3 is 0 Å². The Kier molecular flexibility index (Phi) is 6.37. The van der Waals surface area contributed by atoms with Gasteiger partial charge < -0.3 is 15.5 Å². The van der Waals surface area contributed by atoms with Gasteiger partial charge in [0.25, 0.3) is 5.91 Å². The Morgan fingerprint density at radius 1 is 1.20 bits per heavy atom. The Hall–Kier alpha value is -2.81. The van der Waals surface area contributed by atoms with Crippen LogP contribution in [0.3, 0.4) is 0 Å². The number of carbonyl (C=O) groups is 1. The number of amides is 1. The first kappa shape index (κ1) is 20.5. The molecule has 4 rings (SSSR count). The molecule has 1 amide bonds. The van der Waals surface area contributed by atoms with Crippen LogP contribution >= 0.6 is 11.3 Å². The number of hydrogen-bond donors (Lipinski definition) is 2. The maximum absolute atomic E-state index is 12.7. The van der Waals surface area contributed by atoms with Crippen molar-refractivity contribution in [3.8, 4) is 11.3 Å². The number of anilines is 2. The molecule has 1 saturated heterocycles. The van der Waals surface area contributed by atoms with Crippen LogP contribution in [0.25, 0.3) is 11.3 Å². The van der Waals surface area contributed by atoms with E-state index in [1.54, 1.807) is 12.4 Å². The maximum atomic E-state index is 12.7. The highest BCUT2D eigenvalue weighted by Crippen LogP contribution is 2.28. The van der Waals surface area contributed by atoms with Crippen LogP contribution in [-0.4, -0.2) is 65.6 Å². The molecule has 7 nitrogen and oxygen atoms in total. The van der Waals surface area contributed by atoms with E-state index in [0.29, 0.717) is 12.2 Å². The summed E-state index contributed by atoms with van der Waals surface area (Å²) >= 11 is 1.53. The third kappa shape index (κ3) is 5.02. The molecule has 0 unspecified atom stereocenters. The van der Waals surface area contributed by atoms with Crippen LogP contribution in [0.4, 0.5) is 10.8 Å². The molecule has 0 spiro atoms. The van der Waals surface area contributed by atoms with Crippen molar-refractivity contribution in [3.05, 3.63) is 59.2 Å². The van der Waals surface area contributed by atoms with Gasteiger partial charge in [-0.15, -0.1) is 11.3 Å². The van der Waals surface area contributed by atoms with Gasteiger partial charge in [0.05, 0.1) is 12.4 Å². The number of likely N-dealkylation sites (N-methyl/N-ethyl adjacent to an activating group) is 1. The van der Waals surface area contributed by atoms with Crippen molar-refractivity contribution >= 4 is 28.1 Å². The predicted octanol–water partition coefficient (Wildman–Crippen LogP) is 3.19. The minimum absolute atomic E-state index is 0.0628. The summed E-state index contributed by atoms with van der Waals surface area (Å²) in [6.07, 6.45) is 3.55. The van der Waals surface area contributed by atoms with E-state index in [1.165, 1.54) is 11.3 Å². The quantitative estimate of drug-likeness (QED) is 0.636. The molecule has 1 aliphatic rings. The Labute approximate surface area is 180 Å². The zero-order chi connectivity index (χ0) is 20.9. The lowest BCUT2D eigenvalue weighted by Crippen LogP contribution is -2.48. The van der Waals surface area contributed by atoms with E-state index < -0.39 is 0 Å². The van der Waals surface area contributed by atoms with Crippen molar-refractivity contribution in [2.24, 2.45) is 0 Å². The highest BCUT2D eigenvalue weighted by atomic mass is 32.1. The molecule has 3 aromatic rings. The summed E-state index contributed by atoms with van der Waals surface area (Å²) in [5.74, 6) is -0.0628. The van der Waals surface area contributed by atoms with Gasteiger partial charge in [0.2, 0.25) is 0 Å². The molecule has 0 radical (unpaired) electrons. The fourth-order valence-corrected chi connectivity index (χ4v) is 4.01. The lowest BCUT2D eigenvalue weighted by atomic mass is 10.1. The first-order valence-electron chi connectivity index (χ1n) is 10.0. The number of aromatic nitrogens is 2. The molecule has 0 bridgehead atoms. The monoisotopic (exact) mass is 422 g/mol. The number of aryl methyl sites for hydroxylation is 1. The lowest BCUT2D eigenvalue weighted by molar-refractivity contribution is 0.0890. The minimum Gasteiger partial charge on any atom is -0.339 e. The molecule has 0 atom stereocenters. The van der Waals surface area contributed by atoms with Gasteiger partial charge in [-0.1, -0.05) is 6.07 Å². The number of nitrogens with one attached hydrogen (secondary N) is 2. The van der Waals surface area contributed by atoms with Crippen LogP contribution in [0, 0.1) is 6.92 Å². The Morgan fingerprint density at radius 3 is 2.80 bits per heavy atom. The summed E-state index contributed by atoms with van der Waals surface area (Å²) in [4.78, 5) is 26.0. The van der Waals surface area contributed by atoms with Gasteiger partial charge in [-0.3, -0.25) is 14.7 Å². The van der Waals surface area contributed by atoms with Gasteiger partial charge in [0.1, 0.15) is 0 Å². The molecule has 0 saturated carbocycles. The standard InChI is InChI=1S/C22H26N6OS/c1-16-5-6-17(21(29)24-15-28-10-8-27(2)9-11-28)12-19(16)25-22-26-20(14-30-22)18-4-3-7-23-13-18/h3-7,12-14H,8-11,15H2,1-2H3,(H,24,29)(H,25,26). The number of pyridine rings is 1. The lowest BCUT2D eigenvalue weighted by Gasteiger charge is -2.32. The molecule has 1 aliphatic heterocycles. The summed E-state index contributed by atoms with van der Waals surface area (Å²) in [5, 5.41) is 9.18. The number of carbonyl (C=O) groups excluding carboxylic acids is 1. The summed E-state index contributed by atoms with van der Waals surface area (Å²) in [6, 6.07) is 9.60. The summed E-state index contributed by atoms with van der Waals surface area (Å²) in [5.41, 5.74) is 4.45. The smallest absolute Gasteiger partial charge is 0.252 e. The summed E-state index contributed by atoms with van der Waals surface area (Å²) in [7, 11) is 2.12. The first-order chi connectivity index (χ1) is 14.6. The maximum Gasteiger partial charge on any atom is 0.252 e. The number of rotatable bonds is 6. The van der Waals surface area contributed by atoms with Crippen LogP contribution in [-0.2, 0) is 0 Å². The third-order valence-electron chi connectivity index (χ3n) is 5.26. The molecule has 3 heterocycles. The minimum atomic E-state index is -0.0628. The van der Waals surface area contributed by atoms with Gasteiger partial charge in [0.15, 0.2) is 5.13 Å². The second kappa shape index (κ2) is 9.34. The van der Waals surface area contributed by atoms with E-state index in [2.05, 4.69) is 37.4 Å². The van der Waals surface area contributed by atoms with Crippen LogP contribution in [0.2, 0.25) is 0 Å². The zero-order valence-electron chi connectivity index (χ0n) is 17.3. The molecule has 2 N–H and O–H groups in total. The average Bonchev–Trinajstić information content (AvgIpc) is 3.24. The molecule has 0 aliphatic carbocycles. The van der Waals surface area contributed by atoms with Crippen LogP contribution in [0.5, 0.6) is 0 Å². The molecular weight excluding hydrogens is 396 g/mol. The SMILES string of the molecule is Cc1ccc(C(=O)NCN2CCN(C)CC2)cc1Nc1nc(-c2cccnc2)cs1. The normalized spacial score (nSPS) is 15.1. The van der Waals surface area contributed by atoms with Crippen LogP contribution < -0.4 is 10.6 Å². The number of thiazole rings is 1. The molecule has 156 valence electrons. The van der Waals surface area contributed by atoms with Crippen LogP contribution in [0.1, 0.15) is 15.9 Å². The molecule has 2 aromatic heterocycles. The van der Waals surface area contributed by atoms with E-state index in [-0.39, 0.29) is 5.91 Å². The topological polar surface area (TPSA) is 73.4 Å². The second-order valence-electron chi connectivity index (χ2n) is 7.52. The van der Waals surface area contributed by atoms with Gasteiger partial charge in [0, 0.05) is 60.8 Å². The second-order valence-corrected chi connectivity index (χ2v) is 8.38. The largest absolute Gasteiger partial charge is 0.339 e. The molecule has 1 aromatic carbocycles. The van der Waals surface area contributed by atoms with E-state index in [1.807, 2.05) is 42.6 Å². The van der Waals surface area contributed by atoms with Crippen molar-refractivity contribution in [1.82, 2.24) is 25.1 Å². The van der Waals surface area contributed by atoms with Crippen LogP contribution in [0.15, 0.2) is 48.1 Å². The zero-order valence-corrected chi connectivity index (χ0v) is 18.1. The van der Waals surface area contributed by atoms with Crippen molar-refractivity contribution < 1.29 is 4.79 Å². The van der Waals surface area contributed by atoms with E-state index in [4.69, 9.17) is 0 Å². The van der Waals surface area contributed by atoms with Gasteiger partial charge in [-0.05, 0) is 43.8 Å². The summed E-state index contributed by atoms with van der Waals surface area (Å²) < 4.78 is 0. The molecule has 30 heavy (non-hydrogen) atoms. The number of hydrogen-bond acceptors (Lipinski definition) is 7. The van der Waals surface area contributed by atoms with Crippen molar-refractivity contribution in [1.29, 1.82) is 0 Å². The Morgan fingerprint density at radius 2 is 2.03 bits per heavy atom. The van der Waals surface area contributed by atoms with Gasteiger partial charge in [-0.2, -0.15) is 0 Å². The van der Waals surface area contributed by atoms with E-state index in [9.17, 15) is 4.79 Å². The third-order valence-corrected chi connectivity index (χ3v) is 6.02. The Balaban J connectivity index is 1.40. The highest BCUT2D eigenvalue weighted by Gasteiger charge is 2.15.